The standard InChI is InChI=1S/C19H16F2N2O/c20-13-5-6-17-14(10-13)15-11-23(8-7-18(15)22-17)19(24)9-12-3-1-2-4-16(12)21/h1-6,10,22H,7-9,11H2. The molecule has 2 heterocycles. The number of aromatic amines is 1. The van der Waals surface area contributed by atoms with E-state index in [4.69, 9.17) is 0 Å². The number of nitrogens with one attached hydrogen (secondary N) is 1. The van der Waals surface area contributed by atoms with Crippen LogP contribution < -0.4 is 0 Å². The number of benzene rings is 2. The van der Waals surface area contributed by atoms with Crippen LogP contribution in [0.1, 0.15) is 16.8 Å². The lowest BCUT2D eigenvalue weighted by Crippen LogP contribution is -2.36. The third-order valence-electron chi connectivity index (χ3n) is 4.59. The van der Waals surface area contributed by atoms with Crippen LogP contribution in [0.5, 0.6) is 0 Å². The van der Waals surface area contributed by atoms with E-state index in [0.717, 1.165) is 22.2 Å². The van der Waals surface area contributed by atoms with Crippen molar-refractivity contribution in [2.24, 2.45) is 0 Å². The van der Waals surface area contributed by atoms with E-state index < -0.39 is 0 Å². The van der Waals surface area contributed by atoms with E-state index >= 15 is 0 Å². The number of H-pyrrole nitrogens is 1. The Labute approximate surface area is 137 Å². The topological polar surface area (TPSA) is 36.1 Å². The maximum Gasteiger partial charge on any atom is 0.227 e. The largest absolute Gasteiger partial charge is 0.358 e. The lowest BCUT2D eigenvalue weighted by molar-refractivity contribution is -0.131. The van der Waals surface area contributed by atoms with Gasteiger partial charge in [-0.3, -0.25) is 4.79 Å². The Bertz CT molecular complexity index is 932. The quantitative estimate of drug-likeness (QED) is 0.768. The van der Waals surface area contributed by atoms with Gasteiger partial charge in [-0.25, -0.2) is 8.78 Å². The molecule has 4 rings (SSSR count). The monoisotopic (exact) mass is 326 g/mol. The molecule has 0 saturated heterocycles. The summed E-state index contributed by atoms with van der Waals surface area (Å²) in [6, 6.07) is 11.0. The van der Waals surface area contributed by atoms with Gasteiger partial charge >= 0.3 is 0 Å². The van der Waals surface area contributed by atoms with Gasteiger partial charge in [0.05, 0.1) is 6.42 Å². The van der Waals surface area contributed by atoms with Crippen LogP contribution in [0, 0.1) is 11.6 Å². The Balaban J connectivity index is 1.59. The highest BCUT2D eigenvalue weighted by atomic mass is 19.1. The van der Waals surface area contributed by atoms with Crippen molar-refractivity contribution < 1.29 is 13.6 Å². The number of fused-ring (bicyclic) bond motifs is 3. The number of hydrogen-bond donors (Lipinski definition) is 1. The number of halogens is 2. The van der Waals surface area contributed by atoms with Gasteiger partial charge in [-0.1, -0.05) is 18.2 Å². The Hall–Kier alpha value is -2.69. The summed E-state index contributed by atoms with van der Waals surface area (Å²) in [5.74, 6) is -0.770. The molecule has 3 aromatic rings. The molecule has 5 heteroatoms. The highest BCUT2D eigenvalue weighted by Gasteiger charge is 2.24. The van der Waals surface area contributed by atoms with Gasteiger partial charge < -0.3 is 9.88 Å². The van der Waals surface area contributed by atoms with Crippen LogP contribution in [-0.4, -0.2) is 22.3 Å². The van der Waals surface area contributed by atoms with Crippen molar-refractivity contribution in [2.75, 3.05) is 6.54 Å². The maximum absolute atomic E-state index is 13.7. The van der Waals surface area contributed by atoms with E-state index in [1.807, 2.05) is 0 Å². The summed E-state index contributed by atoms with van der Waals surface area (Å²) in [5.41, 5.74) is 3.28. The van der Waals surface area contributed by atoms with Gasteiger partial charge in [-0.2, -0.15) is 0 Å². The van der Waals surface area contributed by atoms with Crippen molar-refractivity contribution in [3.63, 3.8) is 0 Å². The van der Waals surface area contributed by atoms with E-state index in [-0.39, 0.29) is 24.0 Å². The molecule has 1 aliphatic heterocycles. The predicted octanol–water partition coefficient (Wildman–Crippen LogP) is 3.57. The predicted molar refractivity (Wildman–Crippen MR) is 87.5 cm³/mol. The van der Waals surface area contributed by atoms with E-state index in [9.17, 15) is 13.6 Å². The molecule has 2 aromatic carbocycles. The fourth-order valence-electron chi connectivity index (χ4n) is 3.32. The number of amides is 1. The van der Waals surface area contributed by atoms with Crippen LogP contribution >= 0.6 is 0 Å². The molecule has 1 aliphatic rings. The second-order valence-corrected chi connectivity index (χ2v) is 6.11. The van der Waals surface area contributed by atoms with E-state index in [2.05, 4.69) is 4.98 Å². The minimum atomic E-state index is -0.363. The lowest BCUT2D eigenvalue weighted by atomic mass is 10.0. The molecule has 0 atom stereocenters. The normalized spacial score (nSPS) is 14.0. The Morgan fingerprint density at radius 3 is 2.83 bits per heavy atom. The van der Waals surface area contributed by atoms with Crippen molar-refractivity contribution in [1.29, 1.82) is 0 Å². The van der Waals surface area contributed by atoms with Crippen LogP contribution in [0.15, 0.2) is 42.5 Å². The average Bonchev–Trinajstić information content (AvgIpc) is 2.94. The van der Waals surface area contributed by atoms with Crippen LogP contribution in [0.25, 0.3) is 10.9 Å². The summed E-state index contributed by atoms with van der Waals surface area (Å²) in [7, 11) is 0. The number of carbonyl (C=O) groups is 1. The molecular weight excluding hydrogens is 310 g/mol. The third-order valence-corrected chi connectivity index (χ3v) is 4.59. The van der Waals surface area contributed by atoms with Gasteiger partial charge in [-0.15, -0.1) is 0 Å². The summed E-state index contributed by atoms with van der Waals surface area (Å²) in [4.78, 5) is 17.5. The molecule has 0 saturated carbocycles. The molecule has 3 nitrogen and oxygen atoms in total. The molecule has 1 N–H and O–H groups in total. The summed E-state index contributed by atoms with van der Waals surface area (Å²) >= 11 is 0. The summed E-state index contributed by atoms with van der Waals surface area (Å²) < 4.78 is 27.3. The van der Waals surface area contributed by atoms with Crippen LogP contribution in [0.3, 0.4) is 0 Å². The van der Waals surface area contributed by atoms with Crippen LogP contribution in [0.2, 0.25) is 0 Å². The zero-order chi connectivity index (χ0) is 16.7. The van der Waals surface area contributed by atoms with Crippen molar-refractivity contribution in [1.82, 2.24) is 9.88 Å². The summed E-state index contributed by atoms with van der Waals surface area (Å²) in [6.07, 6.45) is 0.730. The van der Waals surface area contributed by atoms with Gasteiger partial charge in [0.2, 0.25) is 5.91 Å². The molecule has 0 unspecified atom stereocenters. The molecule has 0 bridgehead atoms. The average molecular weight is 326 g/mol. The van der Waals surface area contributed by atoms with Crippen LogP contribution in [0.4, 0.5) is 8.78 Å². The van der Waals surface area contributed by atoms with Gasteiger partial charge in [0.1, 0.15) is 11.6 Å². The molecule has 24 heavy (non-hydrogen) atoms. The fraction of sp³-hybridized carbons (Fsp3) is 0.211. The minimum Gasteiger partial charge on any atom is -0.358 e. The van der Waals surface area contributed by atoms with Gasteiger partial charge in [-0.05, 0) is 29.8 Å². The fourth-order valence-corrected chi connectivity index (χ4v) is 3.32. The van der Waals surface area contributed by atoms with Gasteiger partial charge in [0, 0.05) is 41.7 Å². The zero-order valence-corrected chi connectivity index (χ0v) is 13.0. The second-order valence-electron chi connectivity index (χ2n) is 6.11. The van der Waals surface area contributed by atoms with Gasteiger partial charge in [0.15, 0.2) is 0 Å². The molecule has 122 valence electrons. The molecular formula is C19H16F2N2O. The first-order valence-electron chi connectivity index (χ1n) is 7.92. The zero-order valence-electron chi connectivity index (χ0n) is 13.0. The third kappa shape index (κ3) is 2.56. The molecule has 1 aromatic heterocycles. The molecule has 0 aliphatic carbocycles. The maximum atomic E-state index is 13.7. The highest BCUT2D eigenvalue weighted by molar-refractivity contribution is 5.86. The van der Waals surface area contributed by atoms with Crippen LogP contribution in [-0.2, 0) is 24.2 Å². The molecule has 0 fully saturated rings. The number of hydrogen-bond acceptors (Lipinski definition) is 1. The first-order valence-corrected chi connectivity index (χ1v) is 7.92. The number of aromatic nitrogens is 1. The second kappa shape index (κ2) is 5.74. The number of rotatable bonds is 2. The highest BCUT2D eigenvalue weighted by Crippen LogP contribution is 2.28. The Kier molecular flexibility index (Phi) is 3.56. The number of carbonyl (C=O) groups excluding carboxylic acids is 1. The minimum absolute atomic E-state index is 0.0404. The SMILES string of the molecule is O=C(Cc1ccccc1F)N1CCc2[nH]c3ccc(F)cc3c2C1. The Morgan fingerprint density at radius 1 is 1.17 bits per heavy atom. The smallest absolute Gasteiger partial charge is 0.227 e. The number of nitrogens with zero attached hydrogens (tertiary/aromatic N) is 1. The molecule has 0 spiro atoms. The summed E-state index contributed by atoms with van der Waals surface area (Å²) in [6.45, 7) is 1.00. The van der Waals surface area contributed by atoms with Crippen molar-refractivity contribution in [3.05, 3.63) is 70.9 Å². The van der Waals surface area contributed by atoms with Gasteiger partial charge in [0.25, 0.3) is 0 Å². The first-order chi connectivity index (χ1) is 11.6. The van der Waals surface area contributed by atoms with E-state index in [1.165, 1.54) is 18.2 Å². The molecule has 1 amide bonds. The first kappa shape index (κ1) is 14.9. The van der Waals surface area contributed by atoms with Crippen molar-refractivity contribution >= 4 is 16.8 Å². The van der Waals surface area contributed by atoms with Crippen molar-refractivity contribution in [3.8, 4) is 0 Å². The van der Waals surface area contributed by atoms with E-state index in [0.29, 0.717) is 25.1 Å². The van der Waals surface area contributed by atoms with E-state index in [1.54, 1.807) is 29.2 Å². The van der Waals surface area contributed by atoms with Crippen molar-refractivity contribution in [2.45, 2.75) is 19.4 Å². The molecule has 0 radical (unpaired) electrons. The summed E-state index contributed by atoms with van der Waals surface area (Å²) in [5, 5.41) is 0.813. The Morgan fingerprint density at radius 2 is 2.00 bits per heavy atom. The lowest BCUT2D eigenvalue weighted by Gasteiger charge is -2.27.